The molecule has 7 nitrogen and oxygen atoms in total. The molecule has 2 aromatic heterocycles. The molecule has 0 bridgehead atoms. The summed E-state index contributed by atoms with van der Waals surface area (Å²) in [5, 5.41) is 6.01. The van der Waals surface area contributed by atoms with Crippen LogP contribution < -0.4 is 4.90 Å². The van der Waals surface area contributed by atoms with Crippen molar-refractivity contribution in [3.8, 4) is 0 Å². The van der Waals surface area contributed by atoms with Crippen molar-refractivity contribution >= 4 is 22.8 Å². The molecule has 0 N–H and O–H groups in total. The molecule has 1 aliphatic rings. The van der Waals surface area contributed by atoms with Gasteiger partial charge in [-0.1, -0.05) is 27.2 Å². The van der Waals surface area contributed by atoms with E-state index >= 15 is 0 Å². The van der Waals surface area contributed by atoms with Crippen LogP contribution in [0.3, 0.4) is 0 Å². The molecule has 0 aliphatic carbocycles. The minimum absolute atomic E-state index is 0.151. The summed E-state index contributed by atoms with van der Waals surface area (Å²) in [5.41, 5.74) is 2.04. The number of anilines is 1. The summed E-state index contributed by atoms with van der Waals surface area (Å²) in [6.45, 7) is 12.4. The zero-order chi connectivity index (χ0) is 19.4. The van der Waals surface area contributed by atoms with Crippen LogP contribution in [0.2, 0.25) is 0 Å². The Hall–Kier alpha value is -2.18. The molecular weight excluding hydrogens is 340 g/mol. The SMILES string of the molecule is CCCCn1nc(CC(C)C)c2c(N3CCCN(C(C)=O)CC3)ncnc21. The van der Waals surface area contributed by atoms with Gasteiger partial charge in [-0.05, 0) is 25.2 Å². The van der Waals surface area contributed by atoms with Gasteiger partial charge < -0.3 is 9.80 Å². The van der Waals surface area contributed by atoms with Gasteiger partial charge in [0, 0.05) is 39.6 Å². The molecule has 27 heavy (non-hydrogen) atoms. The van der Waals surface area contributed by atoms with Crippen LogP contribution in [0.25, 0.3) is 11.0 Å². The number of carbonyl (C=O) groups is 1. The smallest absolute Gasteiger partial charge is 0.219 e. The Balaban J connectivity index is 1.99. The minimum Gasteiger partial charge on any atom is -0.354 e. The predicted octanol–water partition coefficient (Wildman–Crippen LogP) is 2.88. The van der Waals surface area contributed by atoms with Crippen molar-refractivity contribution in [3.63, 3.8) is 0 Å². The molecule has 3 heterocycles. The van der Waals surface area contributed by atoms with Gasteiger partial charge in [0.1, 0.15) is 12.1 Å². The van der Waals surface area contributed by atoms with E-state index in [2.05, 4.69) is 40.3 Å². The average molecular weight is 373 g/mol. The number of hydrogen-bond acceptors (Lipinski definition) is 5. The van der Waals surface area contributed by atoms with E-state index in [1.807, 2.05) is 4.90 Å². The van der Waals surface area contributed by atoms with E-state index in [1.165, 1.54) is 0 Å². The molecule has 1 fully saturated rings. The van der Waals surface area contributed by atoms with Gasteiger partial charge in [-0.2, -0.15) is 5.10 Å². The van der Waals surface area contributed by atoms with E-state index in [1.54, 1.807) is 13.3 Å². The number of amides is 1. The average Bonchev–Trinajstić information content (AvgIpc) is 2.82. The van der Waals surface area contributed by atoms with Crippen LogP contribution in [-0.4, -0.2) is 56.7 Å². The molecule has 0 unspecified atom stereocenters. The Morgan fingerprint density at radius 3 is 2.70 bits per heavy atom. The number of aryl methyl sites for hydroxylation is 1. The van der Waals surface area contributed by atoms with Crippen LogP contribution >= 0.6 is 0 Å². The number of hydrogen-bond donors (Lipinski definition) is 0. The lowest BCUT2D eigenvalue weighted by atomic mass is 10.1. The third kappa shape index (κ3) is 4.39. The molecule has 0 aromatic carbocycles. The van der Waals surface area contributed by atoms with E-state index in [0.717, 1.165) is 81.0 Å². The van der Waals surface area contributed by atoms with E-state index in [4.69, 9.17) is 5.10 Å². The van der Waals surface area contributed by atoms with E-state index in [9.17, 15) is 4.79 Å². The van der Waals surface area contributed by atoms with Gasteiger partial charge in [0.2, 0.25) is 5.91 Å². The first-order chi connectivity index (χ1) is 13.0. The first kappa shape index (κ1) is 19.6. The standard InChI is InChI=1S/C20H32N6O/c1-5-6-10-26-20-18(17(23-26)13-15(2)3)19(21-14-22-20)25-9-7-8-24(11-12-25)16(4)27/h14-15H,5-13H2,1-4H3. The quantitative estimate of drug-likeness (QED) is 0.780. The van der Waals surface area contributed by atoms with Gasteiger partial charge in [-0.3, -0.25) is 4.79 Å². The van der Waals surface area contributed by atoms with Crippen molar-refractivity contribution < 1.29 is 4.79 Å². The molecule has 3 rings (SSSR count). The van der Waals surface area contributed by atoms with Crippen molar-refractivity contribution in [2.45, 2.75) is 59.9 Å². The highest BCUT2D eigenvalue weighted by Crippen LogP contribution is 2.29. The van der Waals surface area contributed by atoms with Gasteiger partial charge in [-0.25, -0.2) is 14.6 Å². The van der Waals surface area contributed by atoms with E-state index < -0.39 is 0 Å². The van der Waals surface area contributed by atoms with Gasteiger partial charge in [0.25, 0.3) is 0 Å². The highest BCUT2D eigenvalue weighted by Gasteiger charge is 2.23. The van der Waals surface area contributed by atoms with Crippen LogP contribution in [0.15, 0.2) is 6.33 Å². The summed E-state index contributed by atoms with van der Waals surface area (Å²) < 4.78 is 2.06. The molecule has 1 amide bonds. The summed E-state index contributed by atoms with van der Waals surface area (Å²) in [6.07, 6.45) is 5.76. The highest BCUT2D eigenvalue weighted by atomic mass is 16.2. The largest absolute Gasteiger partial charge is 0.354 e. The number of aromatic nitrogens is 4. The number of nitrogens with zero attached hydrogens (tertiary/aromatic N) is 6. The molecule has 1 aliphatic heterocycles. The zero-order valence-corrected chi connectivity index (χ0v) is 17.1. The predicted molar refractivity (Wildman–Crippen MR) is 108 cm³/mol. The Bertz CT molecular complexity index is 784. The van der Waals surface area contributed by atoms with Crippen LogP contribution in [0.4, 0.5) is 5.82 Å². The summed E-state index contributed by atoms with van der Waals surface area (Å²) in [6, 6.07) is 0. The maximum absolute atomic E-state index is 11.8. The van der Waals surface area contributed by atoms with Gasteiger partial charge >= 0.3 is 0 Å². The summed E-state index contributed by atoms with van der Waals surface area (Å²) in [4.78, 5) is 25.2. The normalized spacial score (nSPS) is 15.6. The van der Waals surface area contributed by atoms with Gasteiger partial charge in [0.05, 0.1) is 11.1 Å². The van der Waals surface area contributed by atoms with Crippen molar-refractivity contribution in [1.29, 1.82) is 0 Å². The number of carbonyl (C=O) groups excluding carboxylic acids is 1. The first-order valence-corrected chi connectivity index (χ1v) is 10.2. The van der Waals surface area contributed by atoms with Crippen LogP contribution in [0.1, 0.15) is 52.7 Å². The molecule has 0 saturated carbocycles. The fourth-order valence-corrected chi connectivity index (χ4v) is 3.74. The van der Waals surface area contributed by atoms with Gasteiger partial charge in [0.15, 0.2) is 5.65 Å². The number of rotatable bonds is 6. The maximum atomic E-state index is 11.8. The van der Waals surface area contributed by atoms with Crippen LogP contribution in [0.5, 0.6) is 0 Å². The van der Waals surface area contributed by atoms with Crippen molar-refractivity contribution in [2.24, 2.45) is 5.92 Å². The van der Waals surface area contributed by atoms with E-state index in [-0.39, 0.29) is 5.91 Å². The highest BCUT2D eigenvalue weighted by molar-refractivity contribution is 5.90. The lowest BCUT2D eigenvalue weighted by Crippen LogP contribution is -2.34. The molecule has 148 valence electrons. The number of unbranched alkanes of at least 4 members (excludes halogenated alkanes) is 1. The van der Waals surface area contributed by atoms with Crippen LogP contribution in [-0.2, 0) is 17.8 Å². The molecular formula is C20H32N6O. The summed E-state index contributed by atoms with van der Waals surface area (Å²) in [7, 11) is 0. The molecule has 7 heteroatoms. The molecule has 1 saturated heterocycles. The Morgan fingerprint density at radius 2 is 2.00 bits per heavy atom. The van der Waals surface area contributed by atoms with Crippen LogP contribution in [0, 0.1) is 5.92 Å². The van der Waals surface area contributed by atoms with E-state index in [0.29, 0.717) is 5.92 Å². The fourth-order valence-electron chi connectivity index (χ4n) is 3.74. The monoisotopic (exact) mass is 372 g/mol. The Labute approximate surface area is 161 Å². The minimum atomic E-state index is 0.151. The Morgan fingerprint density at radius 1 is 1.19 bits per heavy atom. The molecule has 0 atom stereocenters. The number of fused-ring (bicyclic) bond motifs is 1. The lowest BCUT2D eigenvalue weighted by Gasteiger charge is -2.23. The third-order valence-corrected chi connectivity index (χ3v) is 5.15. The Kier molecular flexibility index (Phi) is 6.29. The lowest BCUT2D eigenvalue weighted by molar-refractivity contribution is -0.128. The van der Waals surface area contributed by atoms with Crippen molar-refractivity contribution in [3.05, 3.63) is 12.0 Å². The molecule has 0 radical (unpaired) electrons. The maximum Gasteiger partial charge on any atom is 0.219 e. The van der Waals surface area contributed by atoms with Crippen molar-refractivity contribution in [2.75, 3.05) is 31.1 Å². The summed E-state index contributed by atoms with van der Waals surface area (Å²) in [5.74, 6) is 1.65. The second kappa shape index (κ2) is 8.67. The third-order valence-electron chi connectivity index (χ3n) is 5.15. The first-order valence-electron chi connectivity index (χ1n) is 10.2. The fraction of sp³-hybridized carbons (Fsp3) is 0.700. The molecule has 0 spiro atoms. The van der Waals surface area contributed by atoms with Gasteiger partial charge in [-0.15, -0.1) is 0 Å². The summed E-state index contributed by atoms with van der Waals surface area (Å²) >= 11 is 0. The molecule has 2 aromatic rings. The zero-order valence-electron chi connectivity index (χ0n) is 17.1. The van der Waals surface area contributed by atoms with Crippen molar-refractivity contribution in [1.82, 2.24) is 24.6 Å². The second-order valence-corrected chi connectivity index (χ2v) is 7.86. The second-order valence-electron chi connectivity index (χ2n) is 7.86. The topological polar surface area (TPSA) is 67.2 Å².